The number of carboxylic acids is 1. The van der Waals surface area contributed by atoms with E-state index in [1.54, 1.807) is 13.8 Å². The van der Waals surface area contributed by atoms with E-state index in [1.165, 1.54) is 0 Å². The molecule has 0 aromatic carbocycles. The van der Waals surface area contributed by atoms with Crippen molar-refractivity contribution in [2.24, 2.45) is 11.8 Å². The Morgan fingerprint density at radius 3 is 2.65 bits per heavy atom. The van der Waals surface area contributed by atoms with Crippen molar-refractivity contribution in [1.29, 1.82) is 0 Å². The highest BCUT2D eigenvalue weighted by molar-refractivity contribution is 5.96. The zero-order valence-corrected chi connectivity index (χ0v) is 11.8. The molecule has 6 nitrogen and oxygen atoms in total. The third kappa shape index (κ3) is 3.00. The number of aliphatic carboxylic acids is 1. The summed E-state index contributed by atoms with van der Waals surface area (Å²) in [7, 11) is 0. The van der Waals surface area contributed by atoms with Crippen molar-refractivity contribution >= 4 is 11.9 Å². The van der Waals surface area contributed by atoms with Gasteiger partial charge in [0, 0.05) is 6.54 Å². The maximum atomic E-state index is 12.1. The minimum absolute atomic E-state index is 0.00525. The molecule has 20 heavy (non-hydrogen) atoms. The van der Waals surface area contributed by atoms with Gasteiger partial charge in [-0.25, -0.2) is 0 Å². The number of carboxylic acid groups (broad SMARTS) is 1. The van der Waals surface area contributed by atoms with Crippen LogP contribution in [0.15, 0.2) is 4.52 Å². The zero-order valence-electron chi connectivity index (χ0n) is 11.8. The highest BCUT2D eigenvalue weighted by atomic mass is 16.5. The third-order valence-corrected chi connectivity index (χ3v) is 4.01. The standard InChI is InChI=1S/C14H20N2O4/c1-8-12(9(2)20-16-8)13(17)15-7-10-5-3-4-6-11(10)14(18)19/h10-11H,3-7H2,1-2H3,(H,15,17)(H,18,19). The number of nitrogens with zero attached hydrogens (tertiary/aromatic N) is 1. The molecule has 1 fully saturated rings. The second-order valence-electron chi connectivity index (χ2n) is 5.40. The largest absolute Gasteiger partial charge is 0.481 e. The summed E-state index contributed by atoms with van der Waals surface area (Å²) in [5.74, 6) is -0.866. The molecule has 0 saturated heterocycles. The highest BCUT2D eigenvalue weighted by Gasteiger charge is 2.31. The van der Waals surface area contributed by atoms with Crippen molar-refractivity contribution in [3.05, 3.63) is 17.0 Å². The molecule has 0 spiro atoms. The van der Waals surface area contributed by atoms with E-state index < -0.39 is 5.97 Å². The van der Waals surface area contributed by atoms with Gasteiger partial charge in [0.15, 0.2) is 0 Å². The Balaban J connectivity index is 1.97. The molecule has 1 heterocycles. The van der Waals surface area contributed by atoms with Crippen LogP contribution < -0.4 is 5.32 Å². The molecule has 1 aliphatic carbocycles. The number of rotatable bonds is 4. The van der Waals surface area contributed by atoms with E-state index in [4.69, 9.17) is 4.52 Å². The van der Waals surface area contributed by atoms with E-state index in [0.29, 0.717) is 30.0 Å². The molecule has 0 bridgehead atoms. The van der Waals surface area contributed by atoms with Crippen LogP contribution in [0.2, 0.25) is 0 Å². The Morgan fingerprint density at radius 1 is 1.35 bits per heavy atom. The molecular weight excluding hydrogens is 260 g/mol. The monoisotopic (exact) mass is 280 g/mol. The van der Waals surface area contributed by atoms with Gasteiger partial charge in [0.25, 0.3) is 5.91 Å². The number of nitrogens with one attached hydrogen (secondary N) is 1. The molecular formula is C14H20N2O4. The second kappa shape index (κ2) is 6.07. The highest BCUT2D eigenvalue weighted by Crippen LogP contribution is 2.29. The normalized spacial score (nSPS) is 22.5. The van der Waals surface area contributed by atoms with Crippen molar-refractivity contribution in [1.82, 2.24) is 10.5 Å². The average Bonchev–Trinajstić information content (AvgIpc) is 2.76. The number of hydrogen-bond acceptors (Lipinski definition) is 4. The molecule has 2 N–H and O–H groups in total. The molecule has 2 unspecified atom stereocenters. The number of carbonyl (C=O) groups excluding carboxylic acids is 1. The molecule has 0 radical (unpaired) electrons. The zero-order chi connectivity index (χ0) is 14.7. The Kier molecular flexibility index (Phi) is 4.42. The van der Waals surface area contributed by atoms with Crippen molar-refractivity contribution in [2.75, 3.05) is 6.54 Å². The molecule has 2 rings (SSSR count). The summed E-state index contributed by atoms with van der Waals surface area (Å²) in [5.41, 5.74) is 1.01. The van der Waals surface area contributed by atoms with E-state index >= 15 is 0 Å². The quantitative estimate of drug-likeness (QED) is 0.879. The first-order valence-corrected chi connectivity index (χ1v) is 6.94. The predicted octanol–water partition coefficient (Wildman–Crippen LogP) is 1.91. The molecule has 1 aromatic heterocycles. The Bertz CT molecular complexity index is 490. The van der Waals surface area contributed by atoms with E-state index in [9.17, 15) is 14.7 Å². The number of aryl methyl sites for hydroxylation is 2. The molecule has 1 amide bonds. The van der Waals surface area contributed by atoms with Crippen LogP contribution in [0, 0.1) is 25.7 Å². The van der Waals surface area contributed by atoms with Gasteiger partial charge in [0.1, 0.15) is 11.3 Å². The van der Waals surface area contributed by atoms with Gasteiger partial charge < -0.3 is 14.9 Å². The van der Waals surface area contributed by atoms with Crippen LogP contribution in [0.4, 0.5) is 0 Å². The summed E-state index contributed by atoms with van der Waals surface area (Å²) in [5, 5.41) is 15.8. The maximum absolute atomic E-state index is 12.1. The number of hydrogen-bond donors (Lipinski definition) is 2. The van der Waals surface area contributed by atoms with E-state index in [2.05, 4.69) is 10.5 Å². The summed E-state index contributed by atoms with van der Waals surface area (Å²) in [4.78, 5) is 23.3. The summed E-state index contributed by atoms with van der Waals surface area (Å²) < 4.78 is 4.96. The molecule has 1 aromatic rings. The molecule has 2 atom stereocenters. The van der Waals surface area contributed by atoms with Crippen molar-refractivity contribution in [2.45, 2.75) is 39.5 Å². The van der Waals surface area contributed by atoms with Crippen LogP contribution in [-0.4, -0.2) is 28.7 Å². The van der Waals surface area contributed by atoms with Crippen molar-refractivity contribution in [3.63, 3.8) is 0 Å². The first kappa shape index (κ1) is 14.6. The topological polar surface area (TPSA) is 92.4 Å². The summed E-state index contributed by atoms with van der Waals surface area (Å²) in [6, 6.07) is 0. The SMILES string of the molecule is Cc1noc(C)c1C(=O)NCC1CCCCC1C(=O)O. The molecule has 6 heteroatoms. The predicted molar refractivity (Wildman–Crippen MR) is 71.4 cm³/mol. The van der Waals surface area contributed by atoms with Crippen LogP contribution in [0.5, 0.6) is 0 Å². The lowest BCUT2D eigenvalue weighted by atomic mass is 9.79. The lowest BCUT2D eigenvalue weighted by Crippen LogP contribution is -2.37. The molecule has 1 saturated carbocycles. The van der Waals surface area contributed by atoms with E-state index in [1.807, 2.05) is 0 Å². The molecule has 1 aliphatic rings. The van der Waals surface area contributed by atoms with Gasteiger partial charge in [-0.05, 0) is 32.6 Å². The van der Waals surface area contributed by atoms with Gasteiger partial charge in [-0.3, -0.25) is 9.59 Å². The smallest absolute Gasteiger partial charge is 0.306 e. The fourth-order valence-corrected chi connectivity index (χ4v) is 2.90. The Morgan fingerprint density at radius 2 is 2.05 bits per heavy atom. The first-order valence-electron chi connectivity index (χ1n) is 6.94. The van der Waals surface area contributed by atoms with E-state index in [0.717, 1.165) is 19.3 Å². The van der Waals surface area contributed by atoms with Gasteiger partial charge in [-0.2, -0.15) is 0 Å². The average molecular weight is 280 g/mol. The fraction of sp³-hybridized carbons (Fsp3) is 0.643. The van der Waals surface area contributed by atoms with Gasteiger partial charge >= 0.3 is 5.97 Å². The number of amides is 1. The third-order valence-electron chi connectivity index (χ3n) is 4.01. The van der Waals surface area contributed by atoms with Crippen LogP contribution in [0.3, 0.4) is 0 Å². The molecule has 0 aliphatic heterocycles. The van der Waals surface area contributed by atoms with E-state index in [-0.39, 0.29) is 17.7 Å². The Hall–Kier alpha value is -1.85. The minimum atomic E-state index is -0.763. The van der Waals surface area contributed by atoms with Crippen molar-refractivity contribution < 1.29 is 19.2 Å². The number of carbonyl (C=O) groups is 2. The summed E-state index contributed by atoms with van der Waals surface area (Å²) in [6.45, 7) is 3.79. The van der Waals surface area contributed by atoms with Gasteiger partial charge in [-0.1, -0.05) is 18.0 Å². The lowest BCUT2D eigenvalue weighted by Gasteiger charge is -2.28. The summed E-state index contributed by atoms with van der Waals surface area (Å²) in [6.07, 6.45) is 3.51. The molecule has 110 valence electrons. The van der Waals surface area contributed by atoms with Crippen LogP contribution in [-0.2, 0) is 4.79 Å². The van der Waals surface area contributed by atoms with Crippen LogP contribution >= 0.6 is 0 Å². The Labute approximate surface area is 117 Å². The van der Waals surface area contributed by atoms with Crippen LogP contribution in [0.25, 0.3) is 0 Å². The van der Waals surface area contributed by atoms with Gasteiger partial charge in [0.05, 0.1) is 11.6 Å². The number of aromatic nitrogens is 1. The van der Waals surface area contributed by atoms with Crippen LogP contribution in [0.1, 0.15) is 47.5 Å². The van der Waals surface area contributed by atoms with Gasteiger partial charge in [-0.15, -0.1) is 0 Å². The second-order valence-corrected chi connectivity index (χ2v) is 5.40. The fourth-order valence-electron chi connectivity index (χ4n) is 2.90. The summed E-state index contributed by atoms with van der Waals surface area (Å²) >= 11 is 0. The van der Waals surface area contributed by atoms with Gasteiger partial charge in [0.2, 0.25) is 0 Å². The lowest BCUT2D eigenvalue weighted by molar-refractivity contribution is -0.144. The maximum Gasteiger partial charge on any atom is 0.306 e. The van der Waals surface area contributed by atoms with Crippen molar-refractivity contribution in [3.8, 4) is 0 Å². The first-order chi connectivity index (χ1) is 9.50. The minimum Gasteiger partial charge on any atom is -0.481 e.